The molecule has 0 amide bonds. The van der Waals surface area contributed by atoms with Gasteiger partial charge in [0, 0.05) is 27.8 Å². The van der Waals surface area contributed by atoms with Gasteiger partial charge in [-0.25, -0.2) is 0 Å². The van der Waals surface area contributed by atoms with Crippen LogP contribution in [0.5, 0.6) is 0 Å². The Bertz CT molecular complexity index is 3470. The fourth-order valence-electron chi connectivity index (χ4n) is 11.3. The lowest BCUT2D eigenvalue weighted by Crippen LogP contribution is -2.16. The number of fused-ring (bicyclic) bond motifs is 7. The van der Waals surface area contributed by atoms with Crippen LogP contribution < -0.4 is 4.90 Å². The smallest absolute Gasteiger partial charge is 0.0540 e. The Hall–Kier alpha value is -7.74. The largest absolute Gasteiger partial charge is 0.310 e. The first kappa shape index (κ1) is 38.9. The predicted molar refractivity (Wildman–Crippen MR) is 276 cm³/mol. The van der Waals surface area contributed by atoms with Crippen molar-refractivity contribution in [2.45, 2.75) is 38.5 Å². The second-order valence-electron chi connectivity index (χ2n) is 18.8. The van der Waals surface area contributed by atoms with E-state index in [1.807, 2.05) is 0 Å². The molecule has 65 heavy (non-hydrogen) atoms. The summed E-state index contributed by atoms with van der Waals surface area (Å²) in [4.78, 5) is 2.43. The van der Waals surface area contributed by atoms with E-state index in [2.05, 4.69) is 257 Å². The van der Waals surface area contributed by atoms with Gasteiger partial charge < -0.3 is 4.90 Å². The molecule has 0 N–H and O–H groups in total. The summed E-state index contributed by atoms with van der Waals surface area (Å²) < 4.78 is 0. The fraction of sp³-hybridized carbons (Fsp3) is 0.0938. The van der Waals surface area contributed by atoms with Crippen LogP contribution in [0, 0.1) is 0 Å². The van der Waals surface area contributed by atoms with Gasteiger partial charge in [0.25, 0.3) is 0 Å². The summed E-state index contributed by atoms with van der Waals surface area (Å²) in [7, 11) is 0. The van der Waals surface area contributed by atoms with Gasteiger partial charge in [-0.1, -0.05) is 216 Å². The first-order chi connectivity index (χ1) is 31.8. The van der Waals surface area contributed by atoms with Gasteiger partial charge in [0.05, 0.1) is 5.69 Å². The van der Waals surface area contributed by atoms with Gasteiger partial charge in [0.15, 0.2) is 0 Å². The van der Waals surface area contributed by atoms with Crippen LogP contribution in [0.25, 0.3) is 77.5 Å². The van der Waals surface area contributed by atoms with E-state index in [0.717, 1.165) is 17.1 Å². The molecule has 0 aromatic heterocycles. The van der Waals surface area contributed by atoms with E-state index in [1.54, 1.807) is 0 Å². The fourth-order valence-corrected chi connectivity index (χ4v) is 11.3. The Morgan fingerprint density at radius 2 is 0.754 bits per heavy atom. The number of para-hydroxylation sites is 1. The molecule has 0 saturated heterocycles. The predicted octanol–water partition coefficient (Wildman–Crippen LogP) is 17.6. The van der Waals surface area contributed by atoms with Crippen molar-refractivity contribution >= 4 is 27.8 Å². The molecule has 2 aliphatic rings. The molecule has 0 radical (unpaired) electrons. The molecular formula is C64H49N. The van der Waals surface area contributed by atoms with Crippen LogP contribution in [0.3, 0.4) is 0 Å². The van der Waals surface area contributed by atoms with Gasteiger partial charge in [0.2, 0.25) is 0 Å². The highest BCUT2D eigenvalue weighted by atomic mass is 15.1. The first-order valence-electron chi connectivity index (χ1n) is 22.9. The normalized spacial score (nSPS) is 13.8. The van der Waals surface area contributed by atoms with Crippen LogP contribution in [0.15, 0.2) is 224 Å². The Balaban J connectivity index is 0.968. The van der Waals surface area contributed by atoms with Crippen molar-refractivity contribution in [3.63, 3.8) is 0 Å². The Kier molecular flexibility index (Phi) is 8.94. The minimum Gasteiger partial charge on any atom is -0.310 e. The van der Waals surface area contributed by atoms with Crippen molar-refractivity contribution in [1.29, 1.82) is 0 Å². The average molecular weight is 832 g/mol. The van der Waals surface area contributed by atoms with Crippen molar-refractivity contribution in [3.05, 3.63) is 247 Å². The van der Waals surface area contributed by atoms with Crippen LogP contribution in [0.4, 0.5) is 17.1 Å². The Morgan fingerprint density at radius 3 is 1.48 bits per heavy atom. The maximum atomic E-state index is 2.43. The zero-order chi connectivity index (χ0) is 43.9. The lowest BCUT2D eigenvalue weighted by molar-refractivity contribution is 0.660. The molecule has 0 unspecified atom stereocenters. The maximum Gasteiger partial charge on any atom is 0.0540 e. The molecule has 2 aliphatic carbocycles. The molecule has 10 aromatic rings. The molecule has 1 nitrogen and oxygen atoms in total. The number of nitrogens with zero attached hydrogens (tertiary/aromatic N) is 1. The summed E-state index contributed by atoms with van der Waals surface area (Å²) in [6, 6.07) is 83.2. The zero-order valence-electron chi connectivity index (χ0n) is 37.3. The van der Waals surface area contributed by atoms with Crippen LogP contribution in [-0.2, 0) is 10.8 Å². The third kappa shape index (κ3) is 6.14. The molecular weight excluding hydrogens is 783 g/mol. The molecule has 10 aromatic carbocycles. The van der Waals surface area contributed by atoms with E-state index >= 15 is 0 Å². The second kappa shape index (κ2) is 14.9. The van der Waals surface area contributed by atoms with Crippen LogP contribution in [0.2, 0.25) is 0 Å². The summed E-state index contributed by atoms with van der Waals surface area (Å²) in [6.07, 6.45) is 0. The molecule has 310 valence electrons. The summed E-state index contributed by atoms with van der Waals surface area (Å²) >= 11 is 0. The van der Waals surface area contributed by atoms with E-state index in [9.17, 15) is 0 Å². The van der Waals surface area contributed by atoms with Gasteiger partial charge in [-0.2, -0.15) is 0 Å². The molecule has 0 fully saturated rings. The van der Waals surface area contributed by atoms with Gasteiger partial charge in [0.1, 0.15) is 0 Å². The third-order valence-corrected chi connectivity index (χ3v) is 14.5. The number of benzene rings is 10. The minimum absolute atomic E-state index is 0.0553. The van der Waals surface area contributed by atoms with Crippen molar-refractivity contribution < 1.29 is 0 Å². The lowest BCUT2D eigenvalue weighted by atomic mass is 9.78. The molecule has 12 rings (SSSR count). The van der Waals surface area contributed by atoms with Crippen molar-refractivity contribution in [2.75, 3.05) is 4.90 Å². The number of hydrogen-bond acceptors (Lipinski definition) is 1. The Morgan fingerprint density at radius 1 is 0.292 bits per heavy atom. The van der Waals surface area contributed by atoms with Gasteiger partial charge in [-0.3, -0.25) is 0 Å². The van der Waals surface area contributed by atoms with Crippen LogP contribution in [0.1, 0.15) is 49.9 Å². The van der Waals surface area contributed by atoms with E-state index in [1.165, 1.54) is 99.8 Å². The molecule has 1 heteroatoms. The maximum absolute atomic E-state index is 2.43. The van der Waals surface area contributed by atoms with Crippen molar-refractivity contribution in [1.82, 2.24) is 0 Å². The van der Waals surface area contributed by atoms with E-state index in [-0.39, 0.29) is 10.8 Å². The topological polar surface area (TPSA) is 3.24 Å². The van der Waals surface area contributed by atoms with Crippen LogP contribution >= 0.6 is 0 Å². The Labute approximate surface area is 383 Å². The van der Waals surface area contributed by atoms with E-state index in [0.29, 0.717) is 0 Å². The van der Waals surface area contributed by atoms with Crippen molar-refractivity contribution in [2.24, 2.45) is 0 Å². The standard InChI is InChI=1S/C64H49N/c1-63(2)58-28-12-9-22-52(58)54-40-35-45(41-60(54)63)42-31-36-46(37-32-42)65(61-30-14-11-24-55(61)50-25-15-18-43-17-5-6-19-48(43)50)47-38-33-44(34-39-47)49-20-7-8-21-51(49)56-26-16-27-57-53-23-10-13-29-59(53)64(3,4)62(56)57/h5-41H,1-4H3. The van der Waals surface area contributed by atoms with Gasteiger partial charge in [-0.05, 0) is 131 Å². The SMILES string of the molecule is CC1(C)c2ccccc2-c2ccc(-c3ccc(N(c4ccc(-c5ccccc5-c5cccc6c5C(C)(C)c5ccccc5-6)cc4)c4ccccc4-c4cccc5ccccc45)cc3)cc21. The first-order valence-corrected chi connectivity index (χ1v) is 22.9. The summed E-state index contributed by atoms with van der Waals surface area (Å²) in [6.45, 7) is 9.46. The van der Waals surface area contributed by atoms with Gasteiger partial charge >= 0.3 is 0 Å². The molecule has 0 bridgehead atoms. The second-order valence-corrected chi connectivity index (χ2v) is 18.8. The zero-order valence-corrected chi connectivity index (χ0v) is 37.3. The van der Waals surface area contributed by atoms with Gasteiger partial charge in [-0.15, -0.1) is 0 Å². The molecule has 0 spiro atoms. The van der Waals surface area contributed by atoms with E-state index < -0.39 is 0 Å². The van der Waals surface area contributed by atoms with E-state index in [4.69, 9.17) is 0 Å². The summed E-state index contributed by atoms with van der Waals surface area (Å²) in [5.41, 5.74) is 23.9. The van der Waals surface area contributed by atoms with Crippen LogP contribution in [-0.4, -0.2) is 0 Å². The molecule has 0 aliphatic heterocycles. The average Bonchev–Trinajstić information content (AvgIpc) is 3.74. The third-order valence-electron chi connectivity index (χ3n) is 14.5. The molecule has 0 atom stereocenters. The van der Waals surface area contributed by atoms with Crippen molar-refractivity contribution in [3.8, 4) is 66.8 Å². The lowest BCUT2D eigenvalue weighted by Gasteiger charge is -2.29. The highest BCUT2D eigenvalue weighted by molar-refractivity contribution is 6.02. The highest BCUT2D eigenvalue weighted by Gasteiger charge is 2.38. The monoisotopic (exact) mass is 831 g/mol. The minimum atomic E-state index is -0.115. The number of rotatable bonds is 7. The summed E-state index contributed by atoms with van der Waals surface area (Å²) in [5.74, 6) is 0. The number of anilines is 3. The molecule has 0 saturated carbocycles. The quantitative estimate of drug-likeness (QED) is 0.155. The summed E-state index contributed by atoms with van der Waals surface area (Å²) in [5, 5.41) is 2.47. The number of hydrogen-bond donors (Lipinski definition) is 0. The molecule has 0 heterocycles. The highest BCUT2D eigenvalue weighted by Crippen LogP contribution is 2.54.